The lowest BCUT2D eigenvalue weighted by molar-refractivity contribution is -0.120. The maximum absolute atomic E-state index is 13.6. The van der Waals surface area contributed by atoms with E-state index >= 15 is 0 Å². The second-order valence-electron chi connectivity index (χ2n) is 11.2. The number of halogens is 2. The van der Waals surface area contributed by atoms with E-state index in [0.717, 1.165) is 62.3 Å². The number of hydrogen-bond acceptors (Lipinski definition) is 9. The van der Waals surface area contributed by atoms with Crippen LogP contribution in [0.2, 0.25) is 5.02 Å². The van der Waals surface area contributed by atoms with Crippen LogP contribution < -0.4 is 25.0 Å². The van der Waals surface area contributed by atoms with Gasteiger partial charge >= 0.3 is 6.03 Å². The molecule has 6 rings (SSSR count). The number of piperazine rings is 1. The van der Waals surface area contributed by atoms with Crippen LogP contribution in [0.1, 0.15) is 18.4 Å². The number of urea groups is 1. The summed E-state index contributed by atoms with van der Waals surface area (Å²) in [7, 11) is 1.59. The van der Waals surface area contributed by atoms with Crippen LogP contribution in [-0.4, -0.2) is 84.7 Å². The van der Waals surface area contributed by atoms with Crippen molar-refractivity contribution in [1.82, 2.24) is 25.1 Å². The first kappa shape index (κ1) is 31.5. The summed E-state index contributed by atoms with van der Waals surface area (Å²) < 4.78 is 25.4. The van der Waals surface area contributed by atoms with Crippen molar-refractivity contribution in [3.05, 3.63) is 77.3 Å². The third-order valence-electron chi connectivity index (χ3n) is 8.13. The lowest BCUT2D eigenvalue weighted by atomic mass is 10.1. The zero-order valence-electron chi connectivity index (χ0n) is 25.5. The number of aromatic nitrogens is 2. The number of fused-ring (bicyclic) bond motifs is 1. The molecule has 3 heterocycles. The minimum absolute atomic E-state index is 0.0191. The van der Waals surface area contributed by atoms with Crippen LogP contribution in [0.25, 0.3) is 10.9 Å². The Labute approximate surface area is 271 Å². The van der Waals surface area contributed by atoms with E-state index in [0.29, 0.717) is 48.1 Å². The fourth-order valence-corrected chi connectivity index (χ4v) is 5.86. The maximum atomic E-state index is 13.6. The summed E-state index contributed by atoms with van der Waals surface area (Å²) in [4.78, 5) is 39.0. The van der Waals surface area contributed by atoms with Gasteiger partial charge in [-0.05, 0) is 48.4 Å². The topological polar surface area (TPSA) is 112 Å². The van der Waals surface area contributed by atoms with Crippen molar-refractivity contribution in [2.45, 2.75) is 19.4 Å². The molecule has 2 N–H and O–H groups in total. The first-order chi connectivity index (χ1) is 22.4. The van der Waals surface area contributed by atoms with Crippen molar-refractivity contribution in [3.8, 4) is 11.5 Å². The molecule has 0 spiro atoms. The van der Waals surface area contributed by atoms with Gasteiger partial charge in [-0.1, -0.05) is 23.7 Å². The number of carbonyl (C=O) groups excluding carboxylic acids is 2. The van der Waals surface area contributed by atoms with Gasteiger partial charge in [0.1, 0.15) is 18.0 Å². The second kappa shape index (κ2) is 14.3. The minimum atomic E-state index is -0.491. The molecule has 4 aromatic rings. The molecule has 2 fully saturated rings. The highest BCUT2D eigenvalue weighted by Gasteiger charge is 2.24. The first-order valence-corrected chi connectivity index (χ1v) is 15.6. The molecule has 2 aliphatic heterocycles. The number of benzene rings is 3. The Morgan fingerprint density at radius 3 is 2.59 bits per heavy atom. The van der Waals surface area contributed by atoms with Crippen LogP contribution in [0.4, 0.5) is 26.4 Å². The molecule has 2 aliphatic rings. The van der Waals surface area contributed by atoms with Gasteiger partial charge in [-0.2, -0.15) is 0 Å². The van der Waals surface area contributed by atoms with Crippen molar-refractivity contribution in [2.24, 2.45) is 0 Å². The van der Waals surface area contributed by atoms with Gasteiger partial charge in [0.25, 0.3) is 0 Å². The minimum Gasteiger partial charge on any atom is -0.493 e. The molecule has 0 unspecified atom stereocenters. The van der Waals surface area contributed by atoms with E-state index in [1.54, 1.807) is 18.1 Å². The maximum Gasteiger partial charge on any atom is 0.328 e. The Hall–Kier alpha value is -4.52. The fraction of sp³-hybridized carbons (Fsp3) is 0.333. The molecule has 11 nitrogen and oxygen atoms in total. The quantitative estimate of drug-likeness (QED) is 0.212. The average Bonchev–Trinajstić information content (AvgIpc) is 3.05. The van der Waals surface area contributed by atoms with Crippen molar-refractivity contribution < 1.29 is 23.5 Å². The molecular formula is C33H35ClFN7O4. The first-order valence-electron chi connectivity index (χ1n) is 15.2. The number of imide groups is 1. The lowest BCUT2D eigenvalue weighted by Crippen LogP contribution is -2.49. The van der Waals surface area contributed by atoms with E-state index in [9.17, 15) is 14.0 Å². The molecule has 0 saturated carbocycles. The van der Waals surface area contributed by atoms with Crippen molar-refractivity contribution >= 4 is 51.6 Å². The van der Waals surface area contributed by atoms with Gasteiger partial charge in [0, 0.05) is 75.1 Å². The van der Waals surface area contributed by atoms with E-state index in [2.05, 4.69) is 36.5 Å². The summed E-state index contributed by atoms with van der Waals surface area (Å²) in [6, 6.07) is 15.7. The van der Waals surface area contributed by atoms with E-state index in [1.807, 2.05) is 30.3 Å². The molecule has 0 radical (unpaired) electrons. The molecule has 46 heavy (non-hydrogen) atoms. The summed E-state index contributed by atoms with van der Waals surface area (Å²) in [5.41, 5.74) is 3.22. The van der Waals surface area contributed by atoms with Gasteiger partial charge in [0.05, 0.1) is 24.3 Å². The van der Waals surface area contributed by atoms with Crippen LogP contribution in [0.15, 0.2) is 60.9 Å². The molecular weight excluding hydrogens is 613 g/mol. The largest absolute Gasteiger partial charge is 0.493 e. The molecule has 13 heteroatoms. The Morgan fingerprint density at radius 1 is 0.978 bits per heavy atom. The number of nitrogens with zero attached hydrogens (tertiary/aromatic N) is 5. The van der Waals surface area contributed by atoms with E-state index in [-0.39, 0.29) is 17.0 Å². The molecule has 3 amide bonds. The SMILES string of the molecule is COc1cc2ncnc(Nc3ccc(F)c(Cl)c3)c2cc1OCCCN1CCN(Cc2cccc(N3CCC(=O)NC3=O)c2)CC1. The van der Waals surface area contributed by atoms with Crippen LogP contribution in [0, 0.1) is 5.82 Å². The van der Waals surface area contributed by atoms with Crippen molar-refractivity contribution in [2.75, 3.05) is 63.2 Å². The molecule has 0 bridgehead atoms. The summed E-state index contributed by atoms with van der Waals surface area (Å²) in [5.74, 6) is 0.982. The summed E-state index contributed by atoms with van der Waals surface area (Å²) in [5, 5.41) is 6.33. The van der Waals surface area contributed by atoms with Crippen LogP contribution in [0.5, 0.6) is 11.5 Å². The fourth-order valence-electron chi connectivity index (χ4n) is 5.68. The zero-order chi connectivity index (χ0) is 32.0. The van der Waals surface area contributed by atoms with E-state index < -0.39 is 5.82 Å². The Bertz CT molecular complexity index is 1730. The number of methoxy groups -OCH3 is 1. The summed E-state index contributed by atoms with van der Waals surface area (Å²) in [6.07, 6.45) is 2.60. The van der Waals surface area contributed by atoms with Gasteiger partial charge in [-0.25, -0.2) is 19.2 Å². The van der Waals surface area contributed by atoms with E-state index in [4.69, 9.17) is 21.1 Å². The highest BCUT2D eigenvalue weighted by molar-refractivity contribution is 6.31. The molecule has 0 aliphatic carbocycles. The smallest absolute Gasteiger partial charge is 0.328 e. The third-order valence-corrected chi connectivity index (χ3v) is 8.42. The average molecular weight is 648 g/mol. The molecule has 3 aromatic carbocycles. The number of nitrogens with one attached hydrogen (secondary N) is 2. The molecule has 2 saturated heterocycles. The van der Waals surface area contributed by atoms with Gasteiger partial charge in [0.2, 0.25) is 5.91 Å². The summed E-state index contributed by atoms with van der Waals surface area (Å²) in [6.45, 7) is 6.40. The Balaban J connectivity index is 0.996. The van der Waals surface area contributed by atoms with Crippen LogP contribution in [-0.2, 0) is 11.3 Å². The number of ether oxygens (including phenoxy) is 2. The van der Waals surface area contributed by atoms with Crippen LogP contribution >= 0.6 is 11.6 Å². The van der Waals surface area contributed by atoms with Gasteiger partial charge in [0.15, 0.2) is 11.5 Å². The lowest BCUT2D eigenvalue weighted by Gasteiger charge is -2.35. The second-order valence-corrected chi connectivity index (χ2v) is 11.6. The highest BCUT2D eigenvalue weighted by Crippen LogP contribution is 2.35. The van der Waals surface area contributed by atoms with Gasteiger partial charge in [-0.3, -0.25) is 19.9 Å². The molecule has 240 valence electrons. The highest BCUT2D eigenvalue weighted by atomic mass is 35.5. The van der Waals surface area contributed by atoms with Gasteiger partial charge in [-0.15, -0.1) is 0 Å². The molecule has 1 aromatic heterocycles. The molecule has 0 atom stereocenters. The van der Waals surface area contributed by atoms with E-state index in [1.165, 1.54) is 18.5 Å². The standard InChI is InChI=1S/C33H35ClFN7O4/c1-45-29-19-28-25(32(37-21-36-28)38-23-6-7-27(35)26(34)17-23)18-30(29)46-15-3-9-40-11-13-41(14-12-40)20-22-4-2-5-24(16-22)42-10-8-31(43)39-33(42)44/h2,4-7,16-19,21H,3,8-15,20H2,1H3,(H,36,37,38)(H,39,43,44). The number of carbonyl (C=O) groups is 2. The van der Waals surface area contributed by atoms with Crippen molar-refractivity contribution in [1.29, 1.82) is 0 Å². The number of anilines is 3. The monoisotopic (exact) mass is 647 g/mol. The number of hydrogen-bond donors (Lipinski definition) is 2. The van der Waals surface area contributed by atoms with Gasteiger partial charge < -0.3 is 19.7 Å². The number of rotatable bonds is 11. The third kappa shape index (κ3) is 7.47. The van der Waals surface area contributed by atoms with Crippen molar-refractivity contribution in [3.63, 3.8) is 0 Å². The Morgan fingerprint density at radius 2 is 1.80 bits per heavy atom. The summed E-state index contributed by atoms with van der Waals surface area (Å²) >= 11 is 5.96. The predicted octanol–water partition coefficient (Wildman–Crippen LogP) is 5.21. The van der Waals surface area contributed by atoms with Crippen LogP contribution in [0.3, 0.4) is 0 Å². The predicted molar refractivity (Wildman–Crippen MR) is 175 cm³/mol. The number of amides is 3. The Kier molecular flexibility index (Phi) is 9.76. The zero-order valence-corrected chi connectivity index (χ0v) is 26.2. The normalized spacial score (nSPS) is 16.0.